The maximum absolute atomic E-state index is 9.98. The third-order valence-electron chi connectivity index (χ3n) is 2.99. The average Bonchev–Trinajstić information content (AvgIpc) is 2.62. The van der Waals surface area contributed by atoms with Gasteiger partial charge in [0, 0.05) is 17.1 Å². The van der Waals surface area contributed by atoms with Crippen LogP contribution in [0.2, 0.25) is 0 Å². The Morgan fingerprint density at radius 3 is 0.963 bits per heavy atom. The largest absolute Gasteiger partial charge is 0.547 e. The Bertz CT molecular complexity index is 385. The van der Waals surface area contributed by atoms with Crippen LogP contribution in [-0.2, 0) is 26.7 Å². The molecule has 14 nitrogen and oxygen atoms in total. The van der Waals surface area contributed by atoms with Crippen LogP contribution in [0.25, 0.3) is 0 Å². The van der Waals surface area contributed by atoms with Gasteiger partial charge in [-0.25, -0.2) is 0 Å². The van der Waals surface area contributed by atoms with Crippen LogP contribution in [0.3, 0.4) is 0 Å². The Morgan fingerprint density at radius 1 is 0.593 bits per heavy atom. The predicted octanol–water partition coefficient (Wildman–Crippen LogP) is -9.66. The summed E-state index contributed by atoms with van der Waals surface area (Å²) in [4.78, 5) is 20.0. The molecule has 8 atom stereocenters. The van der Waals surface area contributed by atoms with Gasteiger partial charge in [-0.15, -0.1) is 0 Å². The smallest absolute Gasteiger partial charge is 0.122 e. The number of rotatable bonds is 10. The molecule has 0 fully saturated rings. The molecule has 0 aliphatic carbocycles. The monoisotopic (exact) mass is 445 g/mol. The van der Waals surface area contributed by atoms with Crippen LogP contribution in [0.1, 0.15) is 0 Å². The number of aliphatic carboxylic acids is 2. The molecular formula is C12H22MnO14-2. The summed E-state index contributed by atoms with van der Waals surface area (Å²) in [6.45, 7) is -1.73. The van der Waals surface area contributed by atoms with Crippen molar-refractivity contribution in [2.45, 2.75) is 48.8 Å². The van der Waals surface area contributed by atoms with Crippen LogP contribution >= 0.6 is 0 Å². The van der Waals surface area contributed by atoms with Crippen molar-refractivity contribution in [1.82, 2.24) is 0 Å². The van der Waals surface area contributed by atoms with Crippen molar-refractivity contribution in [1.29, 1.82) is 0 Å². The summed E-state index contributed by atoms with van der Waals surface area (Å²) in [6, 6.07) is 0. The van der Waals surface area contributed by atoms with Crippen molar-refractivity contribution in [2.24, 2.45) is 0 Å². The minimum Gasteiger partial charge on any atom is -0.547 e. The number of hydrogen-bond donors (Lipinski definition) is 10. The Hall–Kier alpha value is -0.941. The van der Waals surface area contributed by atoms with Crippen LogP contribution in [0.15, 0.2) is 0 Å². The summed E-state index contributed by atoms with van der Waals surface area (Å²) >= 11 is 0. The van der Waals surface area contributed by atoms with Crippen molar-refractivity contribution in [3.8, 4) is 0 Å². The fourth-order valence-electron chi connectivity index (χ4n) is 1.32. The molecule has 0 amide bonds. The number of carbonyl (C=O) groups is 2. The van der Waals surface area contributed by atoms with Crippen LogP contribution in [0.5, 0.6) is 0 Å². The molecule has 1 radical (unpaired) electrons. The van der Waals surface area contributed by atoms with E-state index in [-0.39, 0.29) is 17.1 Å². The van der Waals surface area contributed by atoms with Gasteiger partial charge in [-0.1, -0.05) is 0 Å². The second kappa shape index (κ2) is 15.0. The predicted molar refractivity (Wildman–Crippen MR) is 72.2 cm³/mol. The number of hydrogen-bond acceptors (Lipinski definition) is 14. The van der Waals surface area contributed by atoms with Gasteiger partial charge in [-0.2, -0.15) is 0 Å². The first-order chi connectivity index (χ1) is 11.8. The van der Waals surface area contributed by atoms with Crippen molar-refractivity contribution >= 4 is 11.9 Å². The molecule has 27 heavy (non-hydrogen) atoms. The fraction of sp³-hybridized carbons (Fsp3) is 0.833. The molecule has 0 saturated heterocycles. The van der Waals surface area contributed by atoms with E-state index in [0.29, 0.717) is 0 Å². The van der Waals surface area contributed by atoms with E-state index >= 15 is 0 Å². The van der Waals surface area contributed by atoms with Gasteiger partial charge in [0.05, 0.1) is 25.2 Å². The maximum Gasteiger partial charge on any atom is 0.122 e. The van der Waals surface area contributed by atoms with Crippen LogP contribution < -0.4 is 10.2 Å². The zero-order valence-corrected chi connectivity index (χ0v) is 14.7. The quantitative estimate of drug-likeness (QED) is 0.140. The maximum atomic E-state index is 9.98. The zero-order valence-electron chi connectivity index (χ0n) is 13.5. The fourth-order valence-corrected chi connectivity index (χ4v) is 1.32. The Labute approximate surface area is 162 Å². The van der Waals surface area contributed by atoms with Crippen molar-refractivity contribution in [3.05, 3.63) is 0 Å². The summed E-state index contributed by atoms with van der Waals surface area (Å²) in [5, 5.41) is 107. The first kappa shape index (κ1) is 30.8. The molecule has 0 aromatic rings. The number of carboxylic acids is 2. The van der Waals surface area contributed by atoms with E-state index in [2.05, 4.69) is 0 Å². The van der Waals surface area contributed by atoms with Crippen molar-refractivity contribution in [3.63, 3.8) is 0 Å². The second-order valence-electron chi connectivity index (χ2n) is 4.99. The molecule has 0 aliphatic rings. The Morgan fingerprint density at radius 2 is 0.815 bits per heavy atom. The zero-order chi connectivity index (χ0) is 21.2. The average molecular weight is 445 g/mol. The van der Waals surface area contributed by atoms with Gasteiger partial charge < -0.3 is 70.9 Å². The van der Waals surface area contributed by atoms with Gasteiger partial charge in [0.2, 0.25) is 0 Å². The van der Waals surface area contributed by atoms with Crippen LogP contribution in [-0.4, -0.2) is 125 Å². The van der Waals surface area contributed by atoms with Gasteiger partial charge in [0.1, 0.15) is 48.8 Å². The third-order valence-corrected chi connectivity index (χ3v) is 2.99. The van der Waals surface area contributed by atoms with E-state index in [0.717, 1.165) is 0 Å². The molecule has 0 heterocycles. The number of carboxylic acid groups (broad SMARTS) is 2. The summed E-state index contributed by atoms with van der Waals surface area (Å²) in [7, 11) is 0. The molecular weight excluding hydrogens is 423 g/mol. The number of aliphatic hydroxyl groups is 10. The Balaban J connectivity index is -0.000000411. The molecule has 0 unspecified atom stereocenters. The number of carbonyl (C=O) groups excluding carboxylic acids is 2. The Kier molecular flexibility index (Phi) is 17.1. The minimum atomic E-state index is -2.31. The van der Waals surface area contributed by atoms with E-state index in [1.807, 2.05) is 0 Å². The summed E-state index contributed by atoms with van der Waals surface area (Å²) in [6.07, 6.45) is -16.2. The van der Waals surface area contributed by atoms with Crippen molar-refractivity contribution < 1.29 is 87.9 Å². The first-order valence-corrected chi connectivity index (χ1v) is 6.91. The molecule has 0 spiro atoms. The molecule has 163 valence electrons. The van der Waals surface area contributed by atoms with Gasteiger partial charge in [-0.3, -0.25) is 0 Å². The molecule has 0 saturated carbocycles. The summed E-state index contributed by atoms with van der Waals surface area (Å²) in [5.41, 5.74) is 0. The second-order valence-corrected chi connectivity index (χ2v) is 4.99. The minimum absolute atomic E-state index is 0. The standard InChI is InChI=1S/2C6H12O7.Mn/c2*7-1-2(8)3(9)4(10)5(11)6(12)13;/h2*2-5,7-11H,1H2,(H,12,13);/p-2/t2*2-,3-,4+,5-;/m11./s1. The summed E-state index contributed by atoms with van der Waals surface area (Å²) in [5.74, 6) is -3.95. The van der Waals surface area contributed by atoms with E-state index in [1.54, 1.807) is 0 Å². The molecule has 0 aliphatic heterocycles. The van der Waals surface area contributed by atoms with Gasteiger partial charge >= 0.3 is 0 Å². The van der Waals surface area contributed by atoms with Gasteiger partial charge in [0.25, 0.3) is 0 Å². The normalized spacial score (nSPS) is 19.6. The van der Waals surface area contributed by atoms with Crippen LogP contribution in [0, 0.1) is 0 Å². The molecule has 0 aromatic carbocycles. The molecule has 0 rings (SSSR count). The summed E-state index contributed by atoms with van der Waals surface area (Å²) < 4.78 is 0. The van der Waals surface area contributed by atoms with Crippen molar-refractivity contribution in [2.75, 3.05) is 13.2 Å². The third kappa shape index (κ3) is 10.8. The molecule has 15 heteroatoms. The van der Waals surface area contributed by atoms with E-state index < -0.39 is 74.0 Å². The van der Waals surface area contributed by atoms with E-state index in [4.69, 9.17) is 51.1 Å². The van der Waals surface area contributed by atoms with Gasteiger partial charge in [-0.05, 0) is 0 Å². The van der Waals surface area contributed by atoms with Crippen LogP contribution in [0.4, 0.5) is 0 Å². The van der Waals surface area contributed by atoms with E-state index in [9.17, 15) is 19.8 Å². The molecule has 10 N–H and O–H groups in total. The molecule has 0 bridgehead atoms. The first-order valence-electron chi connectivity index (χ1n) is 6.91. The van der Waals surface area contributed by atoms with E-state index in [1.165, 1.54) is 0 Å². The number of aliphatic hydroxyl groups excluding tert-OH is 10. The topological polar surface area (TPSA) is 283 Å². The molecule has 0 aromatic heterocycles. The SMILES string of the molecule is O=C([O-])[C@H](O)[C@@H](O)[C@H](O)[C@H](O)CO.O=C([O-])[C@H](O)[C@@H](O)[C@H](O)[C@H](O)CO.[Mn]. The van der Waals surface area contributed by atoms with Gasteiger partial charge in [0.15, 0.2) is 0 Å².